The number of thioether (sulfide) groups is 1. The van der Waals surface area contributed by atoms with Gasteiger partial charge in [-0.25, -0.2) is 0 Å². The molecule has 1 aromatic rings. The number of amides is 1. The number of hydrogen-bond acceptors (Lipinski definition) is 4. The molecule has 1 N–H and O–H groups in total. The Hall–Kier alpha value is -1.04. The number of hydrogen-bond donors (Lipinski definition) is 1. The van der Waals surface area contributed by atoms with E-state index in [4.69, 9.17) is 4.74 Å². The van der Waals surface area contributed by atoms with Crippen LogP contribution in [-0.4, -0.2) is 54.9 Å². The van der Waals surface area contributed by atoms with Crippen LogP contribution >= 0.6 is 11.8 Å². The van der Waals surface area contributed by atoms with Crippen molar-refractivity contribution in [1.82, 2.24) is 10.2 Å². The van der Waals surface area contributed by atoms with E-state index < -0.39 is 0 Å². The molecule has 1 aromatic carbocycles. The van der Waals surface area contributed by atoms with E-state index in [1.165, 1.54) is 10.5 Å². The molecule has 1 saturated heterocycles. The van der Waals surface area contributed by atoms with Crippen molar-refractivity contribution in [3.63, 3.8) is 0 Å². The standard InChI is InChI=1S/C18H26N2O2S/c1-13(2)15(20-7-9-22-10-8-20)12-19-18(21)17-11-14-5-3-4-6-16(14)23-17/h3-6,13,15,17H,7-12H2,1-2H3,(H,19,21)/t15-,17-/m0/s1. The molecule has 0 bridgehead atoms. The van der Waals surface area contributed by atoms with E-state index in [0.29, 0.717) is 12.0 Å². The summed E-state index contributed by atoms with van der Waals surface area (Å²) in [6.07, 6.45) is 0.844. The number of rotatable bonds is 5. The maximum Gasteiger partial charge on any atom is 0.233 e. The van der Waals surface area contributed by atoms with Gasteiger partial charge in [0.05, 0.1) is 18.5 Å². The van der Waals surface area contributed by atoms with E-state index in [2.05, 4.69) is 36.2 Å². The molecule has 126 valence electrons. The molecule has 3 rings (SSSR count). The Morgan fingerprint density at radius 2 is 2.09 bits per heavy atom. The summed E-state index contributed by atoms with van der Waals surface area (Å²) in [5.74, 6) is 0.687. The van der Waals surface area contributed by atoms with Gasteiger partial charge >= 0.3 is 0 Å². The minimum absolute atomic E-state index is 0.0184. The van der Waals surface area contributed by atoms with Crippen LogP contribution in [0.5, 0.6) is 0 Å². The molecule has 0 unspecified atom stereocenters. The zero-order chi connectivity index (χ0) is 16.2. The average molecular weight is 334 g/mol. The molecule has 0 spiro atoms. The molecular weight excluding hydrogens is 308 g/mol. The largest absolute Gasteiger partial charge is 0.379 e. The highest BCUT2D eigenvalue weighted by atomic mass is 32.2. The lowest BCUT2D eigenvalue weighted by molar-refractivity contribution is -0.121. The summed E-state index contributed by atoms with van der Waals surface area (Å²) in [7, 11) is 0. The number of carbonyl (C=O) groups is 1. The third kappa shape index (κ3) is 4.08. The topological polar surface area (TPSA) is 41.6 Å². The van der Waals surface area contributed by atoms with Gasteiger partial charge < -0.3 is 10.1 Å². The van der Waals surface area contributed by atoms with Crippen molar-refractivity contribution in [1.29, 1.82) is 0 Å². The van der Waals surface area contributed by atoms with Gasteiger partial charge in [-0.3, -0.25) is 9.69 Å². The maximum atomic E-state index is 12.5. The Kier molecular flexibility index (Phi) is 5.62. The molecule has 2 aliphatic rings. The number of nitrogens with zero attached hydrogens (tertiary/aromatic N) is 1. The number of fused-ring (bicyclic) bond motifs is 1. The Labute approximate surface area is 143 Å². The van der Waals surface area contributed by atoms with Gasteiger partial charge in [0.2, 0.25) is 5.91 Å². The van der Waals surface area contributed by atoms with Gasteiger partial charge in [-0.2, -0.15) is 0 Å². The van der Waals surface area contributed by atoms with Crippen molar-refractivity contribution in [3.8, 4) is 0 Å². The fourth-order valence-electron chi connectivity index (χ4n) is 3.34. The van der Waals surface area contributed by atoms with Gasteiger partial charge in [-0.15, -0.1) is 11.8 Å². The molecule has 2 atom stereocenters. The number of nitrogens with one attached hydrogen (secondary N) is 1. The summed E-state index contributed by atoms with van der Waals surface area (Å²) < 4.78 is 5.44. The van der Waals surface area contributed by atoms with E-state index in [9.17, 15) is 4.79 Å². The first-order chi connectivity index (χ1) is 11.1. The van der Waals surface area contributed by atoms with E-state index in [-0.39, 0.29) is 11.2 Å². The normalized spacial score (nSPS) is 22.8. The smallest absolute Gasteiger partial charge is 0.233 e. The quantitative estimate of drug-likeness (QED) is 0.896. The Bertz CT molecular complexity index is 519. The van der Waals surface area contributed by atoms with Crippen LogP contribution in [0.4, 0.5) is 0 Å². The molecule has 1 amide bonds. The second-order valence-electron chi connectivity index (χ2n) is 6.62. The van der Waals surface area contributed by atoms with Crippen molar-refractivity contribution < 1.29 is 9.53 Å². The monoisotopic (exact) mass is 334 g/mol. The fourth-order valence-corrected chi connectivity index (χ4v) is 4.56. The van der Waals surface area contributed by atoms with Gasteiger partial charge in [0, 0.05) is 30.6 Å². The molecule has 1 fully saturated rings. The predicted molar refractivity (Wildman–Crippen MR) is 93.8 cm³/mol. The predicted octanol–water partition coefficient (Wildman–Crippen LogP) is 2.18. The summed E-state index contributed by atoms with van der Waals surface area (Å²) in [5.41, 5.74) is 1.30. The zero-order valence-electron chi connectivity index (χ0n) is 14.0. The van der Waals surface area contributed by atoms with Gasteiger partial charge in [-0.1, -0.05) is 32.0 Å². The van der Waals surface area contributed by atoms with Crippen molar-refractivity contribution in [3.05, 3.63) is 29.8 Å². The minimum atomic E-state index is 0.0184. The molecule has 2 aliphatic heterocycles. The summed E-state index contributed by atoms with van der Waals surface area (Å²) in [6.45, 7) is 8.70. The molecule has 23 heavy (non-hydrogen) atoms. The number of morpholine rings is 1. The van der Waals surface area contributed by atoms with Crippen molar-refractivity contribution in [2.75, 3.05) is 32.8 Å². The van der Waals surface area contributed by atoms with Crippen LogP contribution in [0.15, 0.2) is 29.2 Å². The van der Waals surface area contributed by atoms with Crippen LogP contribution in [0.3, 0.4) is 0 Å². The van der Waals surface area contributed by atoms with Crippen LogP contribution in [-0.2, 0) is 16.0 Å². The minimum Gasteiger partial charge on any atom is -0.379 e. The molecule has 5 heteroatoms. The van der Waals surface area contributed by atoms with Crippen molar-refractivity contribution in [2.45, 2.75) is 36.5 Å². The third-order valence-electron chi connectivity index (χ3n) is 4.71. The second-order valence-corrected chi connectivity index (χ2v) is 7.87. The van der Waals surface area contributed by atoms with Gasteiger partial charge in [0.25, 0.3) is 0 Å². The van der Waals surface area contributed by atoms with Crippen LogP contribution < -0.4 is 5.32 Å². The SMILES string of the molecule is CC(C)[C@H](CNC(=O)[C@@H]1Cc2ccccc2S1)N1CCOCC1. The van der Waals surface area contributed by atoms with E-state index >= 15 is 0 Å². The van der Waals surface area contributed by atoms with Crippen LogP contribution in [0.25, 0.3) is 0 Å². The number of benzene rings is 1. The van der Waals surface area contributed by atoms with Gasteiger partial charge in [0.15, 0.2) is 0 Å². The molecule has 0 saturated carbocycles. The summed E-state index contributed by atoms with van der Waals surface area (Å²) in [4.78, 5) is 16.2. The third-order valence-corrected chi connectivity index (χ3v) is 6.03. The Morgan fingerprint density at radius 3 is 2.78 bits per heavy atom. The summed E-state index contributed by atoms with van der Waals surface area (Å²) in [6, 6.07) is 8.71. The molecule has 4 nitrogen and oxygen atoms in total. The van der Waals surface area contributed by atoms with E-state index in [0.717, 1.165) is 39.3 Å². The highest BCUT2D eigenvalue weighted by molar-refractivity contribution is 8.01. The Balaban J connectivity index is 1.53. The van der Waals surface area contributed by atoms with Crippen LogP contribution in [0.2, 0.25) is 0 Å². The Morgan fingerprint density at radius 1 is 1.35 bits per heavy atom. The fraction of sp³-hybridized carbons (Fsp3) is 0.611. The van der Waals surface area contributed by atoms with Crippen molar-refractivity contribution in [2.24, 2.45) is 5.92 Å². The van der Waals surface area contributed by atoms with E-state index in [1.54, 1.807) is 11.8 Å². The number of ether oxygens (including phenoxy) is 1. The molecule has 0 aromatic heterocycles. The van der Waals surface area contributed by atoms with Gasteiger partial charge in [0.1, 0.15) is 0 Å². The highest BCUT2D eigenvalue weighted by Crippen LogP contribution is 2.36. The van der Waals surface area contributed by atoms with Crippen molar-refractivity contribution >= 4 is 17.7 Å². The molecule has 0 aliphatic carbocycles. The summed E-state index contributed by atoms with van der Waals surface area (Å²) >= 11 is 1.69. The van der Waals surface area contributed by atoms with E-state index in [1.807, 2.05) is 12.1 Å². The maximum absolute atomic E-state index is 12.5. The lowest BCUT2D eigenvalue weighted by atomic mass is 10.0. The first-order valence-electron chi connectivity index (χ1n) is 8.49. The molecule has 2 heterocycles. The first kappa shape index (κ1) is 16.8. The molecule has 0 radical (unpaired) electrons. The highest BCUT2D eigenvalue weighted by Gasteiger charge is 2.29. The second kappa shape index (κ2) is 7.69. The first-order valence-corrected chi connectivity index (χ1v) is 9.37. The lowest BCUT2D eigenvalue weighted by Gasteiger charge is -2.37. The van der Waals surface area contributed by atoms with Crippen LogP contribution in [0.1, 0.15) is 19.4 Å². The summed E-state index contributed by atoms with van der Waals surface area (Å²) in [5, 5.41) is 3.21. The van der Waals surface area contributed by atoms with Crippen LogP contribution in [0, 0.1) is 5.92 Å². The van der Waals surface area contributed by atoms with Gasteiger partial charge in [-0.05, 0) is 24.0 Å². The average Bonchev–Trinajstić information content (AvgIpc) is 2.99. The number of carbonyl (C=O) groups excluding carboxylic acids is 1. The molecular formula is C18H26N2O2S. The zero-order valence-corrected chi connectivity index (χ0v) is 14.8. The lowest BCUT2D eigenvalue weighted by Crippen LogP contribution is -2.52.